The van der Waals surface area contributed by atoms with Gasteiger partial charge in [0, 0.05) is 26.8 Å². The van der Waals surface area contributed by atoms with Gasteiger partial charge in [0.15, 0.2) is 0 Å². The molecule has 0 aromatic heterocycles. The Labute approximate surface area is 152 Å². The first-order valence-corrected chi connectivity index (χ1v) is 9.05. The number of benzene rings is 3. The maximum atomic E-state index is 3.80. The Morgan fingerprint density at radius 3 is 2.33 bits per heavy atom. The Kier molecular flexibility index (Phi) is 3.57. The van der Waals surface area contributed by atoms with Crippen LogP contribution in [0.4, 0.5) is 17.1 Å². The van der Waals surface area contributed by atoms with Crippen LogP contribution in [0.3, 0.4) is 0 Å². The van der Waals surface area contributed by atoms with Crippen molar-refractivity contribution in [1.29, 1.82) is 0 Å². The first-order chi connectivity index (χ1) is 11.5. The molecule has 1 aliphatic heterocycles. The molecule has 0 atom stereocenters. The summed E-state index contributed by atoms with van der Waals surface area (Å²) in [4.78, 5) is 2.40. The smallest absolute Gasteiger partial charge is 0.142 e. The standard InChI is InChI=1S/C21H19BBrN/c1-21(2)15-10-6-11-16(22)20(15)24(14-8-4-3-5-9-14)18-13-7-12-17(23)19(18)21/h3-13H,22H2,1-2H3. The number of hydrogen-bond donors (Lipinski definition) is 0. The highest BCUT2D eigenvalue weighted by molar-refractivity contribution is 9.10. The van der Waals surface area contributed by atoms with Crippen LogP contribution in [0.25, 0.3) is 0 Å². The molecule has 0 saturated heterocycles. The second kappa shape index (κ2) is 5.53. The van der Waals surface area contributed by atoms with E-state index in [4.69, 9.17) is 0 Å². The van der Waals surface area contributed by atoms with E-state index < -0.39 is 0 Å². The predicted octanol–water partition coefficient (Wildman–Crippen LogP) is 4.82. The summed E-state index contributed by atoms with van der Waals surface area (Å²) >= 11 is 3.80. The van der Waals surface area contributed by atoms with Gasteiger partial charge in [-0.2, -0.15) is 0 Å². The molecule has 3 aromatic rings. The van der Waals surface area contributed by atoms with Crippen molar-refractivity contribution in [2.75, 3.05) is 4.90 Å². The van der Waals surface area contributed by atoms with E-state index in [1.807, 2.05) is 0 Å². The molecule has 3 heteroatoms. The van der Waals surface area contributed by atoms with E-state index in [1.54, 1.807) is 0 Å². The third-order valence-corrected chi connectivity index (χ3v) is 5.67. The van der Waals surface area contributed by atoms with E-state index in [1.165, 1.54) is 33.7 Å². The van der Waals surface area contributed by atoms with Gasteiger partial charge >= 0.3 is 0 Å². The molecule has 3 aromatic carbocycles. The molecule has 0 fully saturated rings. The highest BCUT2D eigenvalue weighted by atomic mass is 79.9. The second-order valence-corrected chi connectivity index (χ2v) is 7.76. The molecule has 0 unspecified atom stereocenters. The van der Waals surface area contributed by atoms with Gasteiger partial charge in [-0.05, 0) is 29.8 Å². The molecule has 0 amide bonds. The SMILES string of the molecule is Bc1cccc2c1N(c1ccccc1)c1cccc(Br)c1C2(C)C. The maximum Gasteiger partial charge on any atom is 0.142 e. The number of hydrogen-bond acceptors (Lipinski definition) is 1. The number of para-hydroxylation sites is 2. The molecule has 0 saturated carbocycles. The Bertz CT molecular complexity index is 918. The van der Waals surface area contributed by atoms with Crippen LogP contribution in [0, 0.1) is 0 Å². The molecule has 1 aliphatic rings. The molecular weight excluding hydrogens is 357 g/mol. The molecule has 24 heavy (non-hydrogen) atoms. The van der Waals surface area contributed by atoms with Crippen molar-refractivity contribution < 1.29 is 0 Å². The largest absolute Gasteiger partial charge is 0.310 e. The van der Waals surface area contributed by atoms with Gasteiger partial charge in [0.1, 0.15) is 7.85 Å². The molecular formula is C21H19BBrN. The van der Waals surface area contributed by atoms with Crippen LogP contribution in [0.15, 0.2) is 71.2 Å². The van der Waals surface area contributed by atoms with Crippen molar-refractivity contribution in [1.82, 2.24) is 0 Å². The van der Waals surface area contributed by atoms with Crippen LogP contribution in [0.5, 0.6) is 0 Å². The fraction of sp³-hybridized carbons (Fsp3) is 0.143. The summed E-state index contributed by atoms with van der Waals surface area (Å²) in [5, 5.41) is 0. The zero-order valence-electron chi connectivity index (χ0n) is 14.2. The monoisotopic (exact) mass is 375 g/mol. The van der Waals surface area contributed by atoms with Crippen LogP contribution in [-0.2, 0) is 5.41 Å². The van der Waals surface area contributed by atoms with Crippen molar-refractivity contribution in [2.24, 2.45) is 0 Å². The molecule has 0 radical (unpaired) electrons. The topological polar surface area (TPSA) is 3.24 Å². The van der Waals surface area contributed by atoms with Crippen molar-refractivity contribution >= 4 is 46.3 Å². The minimum Gasteiger partial charge on any atom is -0.310 e. The summed E-state index contributed by atoms with van der Waals surface area (Å²) in [5.41, 5.74) is 7.71. The summed E-state index contributed by atoms with van der Waals surface area (Å²) in [7, 11) is 2.20. The van der Waals surface area contributed by atoms with E-state index in [0.29, 0.717) is 0 Å². The van der Waals surface area contributed by atoms with Crippen molar-refractivity contribution in [3.63, 3.8) is 0 Å². The Morgan fingerprint density at radius 2 is 1.58 bits per heavy atom. The van der Waals surface area contributed by atoms with E-state index in [-0.39, 0.29) is 5.41 Å². The molecule has 4 rings (SSSR count). The van der Waals surface area contributed by atoms with E-state index in [2.05, 4.69) is 109 Å². The zero-order chi connectivity index (χ0) is 16.9. The first kappa shape index (κ1) is 15.5. The summed E-state index contributed by atoms with van der Waals surface area (Å²) in [6, 6.07) is 23.8. The highest BCUT2D eigenvalue weighted by Gasteiger charge is 2.38. The maximum absolute atomic E-state index is 3.80. The molecule has 0 aliphatic carbocycles. The fourth-order valence-electron chi connectivity index (χ4n) is 3.88. The van der Waals surface area contributed by atoms with Gasteiger partial charge in [-0.1, -0.05) is 77.7 Å². The van der Waals surface area contributed by atoms with Crippen LogP contribution in [0.2, 0.25) is 0 Å². The van der Waals surface area contributed by atoms with Gasteiger partial charge in [0.25, 0.3) is 0 Å². The minimum atomic E-state index is -0.0535. The predicted molar refractivity (Wildman–Crippen MR) is 109 cm³/mol. The number of halogens is 1. The number of rotatable bonds is 1. The Balaban J connectivity index is 2.12. The van der Waals surface area contributed by atoms with Crippen molar-refractivity contribution in [2.45, 2.75) is 19.3 Å². The number of anilines is 3. The zero-order valence-corrected chi connectivity index (χ0v) is 15.8. The van der Waals surface area contributed by atoms with Crippen LogP contribution >= 0.6 is 15.9 Å². The van der Waals surface area contributed by atoms with Crippen LogP contribution in [0.1, 0.15) is 25.0 Å². The molecule has 0 N–H and O–H groups in total. The molecule has 1 heterocycles. The summed E-state index contributed by atoms with van der Waals surface area (Å²) in [6.07, 6.45) is 0. The molecule has 1 nitrogen and oxygen atoms in total. The van der Waals surface area contributed by atoms with Gasteiger partial charge in [-0.3, -0.25) is 0 Å². The van der Waals surface area contributed by atoms with E-state index in [9.17, 15) is 0 Å². The summed E-state index contributed by atoms with van der Waals surface area (Å²) in [5.74, 6) is 0. The number of nitrogens with zero attached hydrogens (tertiary/aromatic N) is 1. The summed E-state index contributed by atoms with van der Waals surface area (Å²) in [6.45, 7) is 4.63. The Morgan fingerprint density at radius 1 is 0.875 bits per heavy atom. The average molecular weight is 376 g/mol. The highest BCUT2D eigenvalue weighted by Crippen LogP contribution is 2.52. The first-order valence-electron chi connectivity index (χ1n) is 8.26. The minimum absolute atomic E-state index is 0.0535. The average Bonchev–Trinajstić information content (AvgIpc) is 2.56. The normalized spacial score (nSPS) is 14.9. The fourth-order valence-corrected chi connectivity index (χ4v) is 4.73. The van der Waals surface area contributed by atoms with Crippen molar-refractivity contribution in [3.05, 3.63) is 82.3 Å². The number of fused-ring (bicyclic) bond motifs is 2. The van der Waals surface area contributed by atoms with Gasteiger partial charge < -0.3 is 4.90 Å². The van der Waals surface area contributed by atoms with Gasteiger partial charge in [0.2, 0.25) is 0 Å². The second-order valence-electron chi connectivity index (χ2n) is 6.90. The van der Waals surface area contributed by atoms with Crippen LogP contribution < -0.4 is 10.4 Å². The van der Waals surface area contributed by atoms with Crippen LogP contribution in [-0.4, -0.2) is 7.85 Å². The van der Waals surface area contributed by atoms with E-state index >= 15 is 0 Å². The third kappa shape index (κ3) is 2.15. The molecule has 118 valence electrons. The lowest BCUT2D eigenvalue weighted by molar-refractivity contribution is 0.629. The van der Waals surface area contributed by atoms with E-state index in [0.717, 1.165) is 4.47 Å². The lowest BCUT2D eigenvalue weighted by Crippen LogP contribution is -2.34. The Hall–Kier alpha value is -2.00. The quantitative estimate of drug-likeness (QED) is 0.551. The van der Waals surface area contributed by atoms with Crippen molar-refractivity contribution in [3.8, 4) is 0 Å². The molecule has 0 spiro atoms. The summed E-state index contributed by atoms with van der Waals surface area (Å²) < 4.78 is 1.16. The lowest BCUT2D eigenvalue weighted by atomic mass is 9.71. The third-order valence-electron chi connectivity index (χ3n) is 5.01. The van der Waals surface area contributed by atoms with Gasteiger partial charge in [0.05, 0.1) is 5.69 Å². The lowest BCUT2D eigenvalue weighted by Gasteiger charge is -2.43. The van der Waals surface area contributed by atoms with Gasteiger partial charge in [-0.25, -0.2) is 0 Å². The van der Waals surface area contributed by atoms with Gasteiger partial charge in [-0.15, -0.1) is 0 Å². The molecule has 0 bridgehead atoms.